The summed E-state index contributed by atoms with van der Waals surface area (Å²) in [6.07, 6.45) is 0. The molecule has 0 saturated carbocycles. The highest BCUT2D eigenvalue weighted by Gasteiger charge is 2.01. The van der Waals surface area contributed by atoms with Crippen molar-refractivity contribution < 1.29 is 4.74 Å². The summed E-state index contributed by atoms with van der Waals surface area (Å²) in [5, 5.41) is 0.578. The van der Waals surface area contributed by atoms with Crippen LogP contribution in [-0.4, -0.2) is 11.6 Å². The van der Waals surface area contributed by atoms with Crippen LogP contribution in [0, 0.1) is 0 Å². The molecule has 1 aromatic rings. The lowest BCUT2D eigenvalue weighted by atomic mass is 10.2. The van der Waals surface area contributed by atoms with Crippen LogP contribution in [0.2, 0.25) is 5.02 Å². The van der Waals surface area contributed by atoms with Crippen molar-refractivity contribution in [2.24, 2.45) is 5.73 Å². The minimum atomic E-state index is 0.323. The molecule has 13 heavy (non-hydrogen) atoms. The van der Waals surface area contributed by atoms with Gasteiger partial charge in [-0.1, -0.05) is 23.8 Å². The van der Waals surface area contributed by atoms with E-state index in [1.165, 1.54) is 0 Å². The van der Waals surface area contributed by atoms with Crippen LogP contribution in [0.3, 0.4) is 0 Å². The van der Waals surface area contributed by atoms with Crippen molar-refractivity contribution in [1.29, 1.82) is 0 Å². The van der Waals surface area contributed by atoms with Gasteiger partial charge in [0.15, 0.2) is 0 Å². The first-order valence-electron chi connectivity index (χ1n) is 3.86. The van der Waals surface area contributed by atoms with Gasteiger partial charge in [-0.2, -0.15) is 0 Å². The molecule has 2 nitrogen and oxygen atoms in total. The first-order chi connectivity index (χ1) is 6.13. The smallest absolute Gasteiger partial charge is 0.121 e. The molecular weight excluding hydrogens is 206 g/mol. The zero-order chi connectivity index (χ0) is 9.84. The second-order valence-electron chi connectivity index (χ2n) is 2.47. The topological polar surface area (TPSA) is 35.2 Å². The average molecular weight is 216 g/mol. The van der Waals surface area contributed by atoms with E-state index in [1.54, 1.807) is 18.2 Å². The number of rotatable bonds is 3. The molecule has 1 aromatic carbocycles. The predicted molar refractivity (Wildman–Crippen MR) is 58.5 cm³/mol. The van der Waals surface area contributed by atoms with Gasteiger partial charge in [-0.25, -0.2) is 0 Å². The van der Waals surface area contributed by atoms with Crippen molar-refractivity contribution in [3.63, 3.8) is 0 Å². The quantitative estimate of drug-likeness (QED) is 0.787. The highest BCUT2D eigenvalue weighted by Crippen LogP contribution is 2.20. The van der Waals surface area contributed by atoms with E-state index >= 15 is 0 Å². The molecule has 0 amide bonds. The van der Waals surface area contributed by atoms with Gasteiger partial charge < -0.3 is 10.5 Å². The summed E-state index contributed by atoms with van der Waals surface area (Å²) < 4.78 is 5.28. The zero-order valence-corrected chi connectivity index (χ0v) is 8.78. The zero-order valence-electron chi connectivity index (χ0n) is 7.21. The lowest BCUT2D eigenvalue weighted by Gasteiger charge is -2.05. The molecule has 0 atom stereocenters. The van der Waals surface area contributed by atoms with Crippen molar-refractivity contribution in [2.45, 2.75) is 6.92 Å². The molecule has 0 saturated heterocycles. The van der Waals surface area contributed by atoms with Crippen LogP contribution in [0.25, 0.3) is 0 Å². The van der Waals surface area contributed by atoms with Crippen molar-refractivity contribution in [3.8, 4) is 5.75 Å². The molecule has 0 heterocycles. The van der Waals surface area contributed by atoms with Crippen LogP contribution < -0.4 is 10.5 Å². The highest BCUT2D eigenvalue weighted by atomic mass is 35.5. The monoisotopic (exact) mass is 215 g/mol. The van der Waals surface area contributed by atoms with Crippen molar-refractivity contribution >= 4 is 28.8 Å². The molecule has 0 aliphatic carbocycles. The Kier molecular flexibility index (Phi) is 3.51. The van der Waals surface area contributed by atoms with E-state index in [0.717, 1.165) is 5.56 Å². The third-order valence-corrected chi connectivity index (χ3v) is 1.92. The summed E-state index contributed by atoms with van der Waals surface area (Å²) in [5.41, 5.74) is 6.19. The minimum Gasteiger partial charge on any atom is -0.494 e. The fourth-order valence-electron chi connectivity index (χ4n) is 0.955. The van der Waals surface area contributed by atoms with E-state index in [2.05, 4.69) is 0 Å². The molecule has 0 bridgehead atoms. The summed E-state index contributed by atoms with van der Waals surface area (Å²) in [6.45, 7) is 2.50. The standard InChI is InChI=1S/C9H10ClNOS/c1-2-12-8-4-6(9(11)13)3-7(10)5-8/h3-5H,2H2,1H3,(H2,11,13). The molecule has 0 spiro atoms. The Balaban J connectivity index is 3.03. The van der Waals surface area contributed by atoms with E-state index in [1.807, 2.05) is 6.92 Å². The normalized spacial score (nSPS) is 9.69. The second kappa shape index (κ2) is 4.44. The van der Waals surface area contributed by atoms with Gasteiger partial charge >= 0.3 is 0 Å². The van der Waals surface area contributed by atoms with Gasteiger partial charge in [0, 0.05) is 10.6 Å². The fraction of sp³-hybridized carbons (Fsp3) is 0.222. The van der Waals surface area contributed by atoms with Crippen LogP contribution in [-0.2, 0) is 0 Å². The lowest BCUT2D eigenvalue weighted by Crippen LogP contribution is -2.09. The third kappa shape index (κ3) is 2.86. The molecule has 1 rings (SSSR count). The number of benzene rings is 1. The molecule has 0 radical (unpaired) electrons. The first-order valence-corrected chi connectivity index (χ1v) is 4.65. The van der Waals surface area contributed by atoms with E-state index in [9.17, 15) is 0 Å². The van der Waals surface area contributed by atoms with Gasteiger partial charge in [-0.05, 0) is 25.1 Å². The largest absolute Gasteiger partial charge is 0.494 e. The number of ether oxygens (including phenoxy) is 1. The Morgan fingerprint density at radius 2 is 2.23 bits per heavy atom. The fourth-order valence-corrected chi connectivity index (χ4v) is 1.30. The molecule has 4 heteroatoms. The summed E-state index contributed by atoms with van der Waals surface area (Å²) in [7, 11) is 0. The molecule has 2 N–H and O–H groups in total. The van der Waals surface area contributed by atoms with Gasteiger partial charge in [0.1, 0.15) is 10.7 Å². The molecular formula is C9H10ClNOS. The summed E-state index contributed by atoms with van der Waals surface area (Å²) in [5.74, 6) is 0.692. The van der Waals surface area contributed by atoms with Crippen LogP contribution in [0.4, 0.5) is 0 Å². The Morgan fingerprint density at radius 3 is 2.77 bits per heavy atom. The highest BCUT2D eigenvalue weighted by molar-refractivity contribution is 7.80. The van der Waals surface area contributed by atoms with Crippen LogP contribution in [0.15, 0.2) is 18.2 Å². The van der Waals surface area contributed by atoms with E-state index < -0.39 is 0 Å². The second-order valence-corrected chi connectivity index (χ2v) is 3.35. The molecule has 0 fully saturated rings. The number of thiocarbonyl (C=S) groups is 1. The number of halogens is 1. The number of hydrogen-bond donors (Lipinski definition) is 1. The van der Waals surface area contributed by atoms with Crippen LogP contribution in [0.5, 0.6) is 5.75 Å². The molecule has 0 aliphatic heterocycles. The maximum Gasteiger partial charge on any atom is 0.121 e. The third-order valence-electron chi connectivity index (χ3n) is 1.47. The molecule has 0 aromatic heterocycles. The van der Waals surface area contributed by atoms with Gasteiger partial charge in [0.25, 0.3) is 0 Å². The van der Waals surface area contributed by atoms with Gasteiger partial charge in [-0.15, -0.1) is 0 Å². The van der Waals surface area contributed by atoms with Gasteiger partial charge in [0.2, 0.25) is 0 Å². The maximum atomic E-state index is 5.83. The van der Waals surface area contributed by atoms with Crippen molar-refractivity contribution in [2.75, 3.05) is 6.61 Å². The number of hydrogen-bond acceptors (Lipinski definition) is 2. The Bertz CT molecular complexity index is 327. The van der Waals surface area contributed by atoms with E-state index in [-0.39, 0.29) is 0 Å². The predicted octanol–water partition coefficient (Wildman–Crippen LogP) is 2.37. The summed E-state index contributed by atoms with van der Waals surface area (Å²) in [4.78, 5) is 0.323. The van der Waals surface area contributed by atoms with Crippen molar-refractivity contribution in [3.05, 3.63) is 28.8 Å². The SMILES string of the molecule is CCOc1cc(Cl)cc(C(N)=S)c1. The maximum absolute atomic E-state index is 5.83. The van der Waals surface area contributed by atoms with Crippen molar-refractivity contribution in [1.82, 2.24) is 0 Å². The lowest BCUT2D eigenvalue weighted by molar-refractivity contribution is 0.340. The molecule has 0 unspecified atom stereocenters. The summed E-state index contributed by atoms with van der Waals surface area (Å²) >= 11 is 10.7. The molecule has 0 aliphatic rings. The van der Waals surface area contributed by atoms with E-state index in [4.69, 9.17) is 34.3 Å². The Labute approximate surface area is 87.6 Å². The van der Waals surface area contributed by atoms with Crippen LogP contribution in [0.1, 0.15) is 12.5 Å². The van der Waals surface area contributed by atoms with Crippen LogP contribution >= 0.6 is 23.8 Å². The van der Waals surface area contributed by atoms with Gasteiger partial charge in [-0.3, -0.25) is 0 Å². The first kappa shape index (κ1) is 10.3. The Morgan fingerprint density at radius 1 is 1.54 bits per heavy atom. The Hall–Kier alpha value is -0.800. The summed E-state index contributed by atoms with van der Waals surface area (Å²) in [6, 6.07) is 5.22. The van der Waals surface area contributed by atoms with Gasteiger partial charge in [0.05, 0.1) is 6.61 Å². The number of nitrogens with two attached hydrogens (primary N) is 1. The average Bonchev–Trinajstić information content (AvgIpc) is 2.03. The van der Waals surface area contributed by atoms with E-state index in [0.29, 0.717) is 22.4 Å². The minimum absolute atomic E-state index is 0.323. The molecule has 70 valence electrons.